The summed E-state index contributed by atoms with van der Waals surface area (Å²) in [6.07, 6.45) is 1.24. The highest BCUT2D eigenvalue weighted by Crippen LogP contribution is 2.18. The first kappa shape index (κ1) is 15.0. The summed E-state index contributed by atoms with van der Waals surface area (Å²) in [5, 5.41) is 3.50. The average molecular weight is 249 g/mol. The summed E-state index contributed by atoms with van der Waals surface area (Å²) in [6, 6.07) is 6.38. The van der Waals surface area contributed by atoms with Crippen molar-refractivity contribution in [1.82, 2.24) is 5.32 Å². The molecular formula is C16H27NO. The van der Waals surface area contributed by atoms with Gasteiger partial charge in [-0.2, -0.15) is 0 Å². The van der Waals surface area contributed by atoms with Crippen LogP contribution in [0.4, 0.5) is 0 Å². The molecule has 0 saturated heterocycles. The number of nitrogens with one attached hydrogen (secondary N) is 1. The Morgan fingerprint density at radius 1 is 1.11 bits per heavy atom. The first-order valence-corrected chi connectivity index (χ1v) is 6.80. The number of benzene rings is 1. The largest absolute Gasteiger partial charge is 0.489 e. The van der Waals surface area contributed by atoms with Gasteiger partial charge in [-0.3, -0.25) is 0 Å². The van der Waals surface area contributed by atoms with Crippen LogP contribution in [0, 0.1) is 13.8 Å². The van der Waals surface area contributed by atoms with Crippen LogP contribution < -0.4 is 10.1 Å². The van der Waals surface area contributed by atoms with Gasteiger partial charge in [-0.25, -0.2) is 0 Å². The summed E-state index contributed by atoms with van der Waals surface area (Å²) >= 11 is 0. The third kappa shape index (κ3) is 5.54. The van der Waals surface area contributed by atoms with Gasteiger partial charge in [0.25, 0.3) is 0 Å². The van der Waals surface area contributed by atoms with Crippen molar-refractivity contribution in [2.24, 2.45) is 0 Å². The molecule has 0 saturated carbocycles. The van der Waals surface area contributed by atoms with Crippen LogP contribution in [0.25, 0.3) is 0 Å². The van der Waals surface area contributed by atoms with Gasteiger partial charge in [0.15, 0.2) is 0 Å². The molecule has 1 N–H and O–H groups in total. The van der Waals surface area contributed by atoms with E-state index in [0.29, 0.717) is 0 Å². The monoisotopic (exact) mass is 249 g/mol. The lowest BCUT2D eigenvalue weighted by atomic mass is 10.1. The van der Waals surface area contributed by atoms with Gasteiger partial charge in [-0.05, 0) is 64.3 Å². The fraction of sp³-hybridized carbons (Fsp3) is 0.625. The summed E-state index contributed by atoms with van der Waals surface area (Å²) in [5.41, 5.74) is 2.64. The lowest BCUT2D eigenvalue weighted by Crippen LogP contribution is -2.42. The summed E-state index contributed by atoms with van der Waals surface area (Å²) in [7, 11) is 0. The van der Waals surface area contributed by atoms with Gasteiger partial charge in [-0.15, -0.1) is 0 Å². The van der Waals surface area contributed by atoms with E-state index in [4.69, 9.17) is 4.74 Å². The minimum Gasteiger partial charge on any atom is -0.489 e. The maximum absolute atomic E-state index is 6.06. The molecule has 18 heavy (non-hydrogen) atoms. The molecule has 1 unspecified atom stereocenters. The molecule has 1 atom stereocenters. The van der Waals surface area contributed by atoms with Gasteiger partial charge in [0.05, 0.1) is 0 Å². The molecule has 0 aliphatic carbocycles. The molecule has 0 aliphatic heterocycles. The molecule has 0 spiro atoms. The van der Waals surface area contributed by atoms with E-state index in [-0.39, 0.29) is 11.6 Å². The number of hydrogen-bond donors (Lipinski definition) is 1. The van der Waals surface area contributed by atoms with Gasteiger partial charge in [-0.1, -0.05) is 13.0 Å². The number of ether oxygens (including phenoxy) is 1. The second-order valence-electron chi connectivity index (χ2n) is 6.10. The highest BCUT2D eigenvalue weighted by molar-refractivity contribution is 5.33. The Hall–Kier alpha value is -1.02. The molecule has 2 nitrogen and oxygen atoms in total. The highest BCUT2D eigenvalue weighted by atomic mass is 16.5. The Kier molecular flexibility index (Phi) is 5.21. The minimum atomic E-state index is 0.138. The molecule has 102 valence electrons. The van der Waals surface area contributed by atoms with Gasteiger partial charge < -0.3 is 10.1 Å². The maximum atomic E-state index is 6.06. The zero-order valence-corrected chi connectivity index (χ0v) is 12.6. The molecule has 0 bridgehead atoms. The number of rotatable bonds is 5. The summed E-state index contributed by atoms with van der Waals surface area (Å²) < 4.78 is 6.06. The van der Waals surface area contributed by atoms with E-state index in [1.807, 2.05) is 0 Å². The van der Waals surface area contributed by atoms with Crippen LogP contribution in [0.3, 0.4) is 0 Å². The predicted molar refractivity (Wildman–Crippen MR) is 78.4 cm³/mol. The third-order valence-corrected chi connectivity index (χ3v) is 2.81. The van der Waals surface area contributed by atoms with Crippen LogP contribution in [-0.4, -0.2) is 18.2 Å². The van der Waals surface area contributed by atoms with Crippen LogP contribution in [-0.2, 0) is 0 Å². The Morgan fingerprint density at radius 2 is 1.67 bits per heavy atom. The molecule has 1 aromatic carbocycles. The van der Waals surface area contributed by atoms with Gasteiger partial charge in [0.1, 0.15) is 11.9 Å². The predicted octanol–water partition coefficient (Wildman–Crippen LogP) is 3.85. The van der Waals surface area contributed by atoms with Crippen molar-refractivity contribution >= 4 is 0 Å². The number of aryl methyl sites for hydroxylation is 2. The molecule has 0 aliphatic rings. The van der Waals surface area contributed by atoms with Gasteiger partial charge in [0, 0.05) is 12.1 Å². The van der Waals surface area contributed by atoms with Crippen LogP contribution in [0.15, 0.2) is 18.2 Å². The topological polar surface area (TPSA) is 21.3 Å². The lowest BCUT2D eigenvalue weighted by Gasteiger charge is -2.25. The van der Waals surface area contributed by atoms with E-state index in [0.717, 1.165) is 18.7 Å². The normalized spacial score (nSPS) is 13.4. The Balaban J connectivity index is 2.62. The first-order valence-electron chi connectivity index (χ1n) is 6.80. The van der Waals surface area contributed by atoms with E-state index in [1.54, 1.807) is 0 Å². The van der Waals surface area contributed by atoms with E-state index in [2.05, 4.69) is 65.1 Å². The molecule has 2 heteroatoms. The van der Waals surface area contributed by atoms with Crippen LogP contribution in [0.1, 0.15) is 45.2 Å². The zero-order valence-electron chi connectivity index (χ0n) is 12.6. The standard InChI is InChI=1S/C16H27NO/c1-7-14(11-17-16(4,5)6)18-15-9-12(2)8-13(3)10-15/h8-10,14,17H,7,11H2,1-6H3. The quantitative estimate of drug-likeness (QED) is 0.856. The van der Waals surface area contributed by atoms with Gasteiger partial charge in [0.2, 0.25) is 0 Å². The van der Waals surface area contributed by atoms with Crippen molar-refractivity contribution in [3.63, 3.8) is 0 Å². The summed E-state index contributed by atoms with van der Waals surface area (Å²) in [5.74, 6) is 0.982. The Bertz CT molecular complexity index is 359. The second-order valence-corrected chi connectivity index (χ2v) is 6.10. The van der Waals surface area contributed by atoms with Crippen LogP contribution in [0.2, 0.25) is 0 Å². The molecule has 0 heterocycles. The maximum Gasteiger partial charge on any atom is 0.120 e. The van der Waals surface area contributed by atoms with Crippen molar-refractivity contribution in [3.8, 4) is 5.75 Å². The van der Waals surface area contributed by atoms with Crippen molar-refractivity contribution in [3.05, 3.63) is 29.3 Å². The Labute approximate surface area is 112 Å². The number of hydrogen-bond acceptors (Lipinski definition) is 2. The van der Waals surface area contributed by atoms with Crippen molar-refractivity contribution in [2.75, 3.05) is 6.54 Å². The smallest absolute Gasteiger partial charge is 0.120 e. The zero-order chi connectivity index (χ0) is 13.8. The third-order valence-electron chi connectivity index (χ3n) is 2.81. The average Bonchev–Trinajstić information content (AvgIpc) is 2.21. The molecule has 1 aromatic rings. The van der Waals surface area contributed by atoms with Gasteiger partial charge >= 0.3 is 0 Å². The molecule has 0 fully saturated rings. The fourth-order valence-corrected chi connectivity index (χ4v) is 1.88. The van der Waals surface area contributed by atoms with Crippen molar-refractivity contribution in [2.45, 2.75) is 59.6 Å². The minimum absolute atomic E-state index is 0.138. The molecule has 0 amide bonds. The van der Waals surface area contributed by atoms with Crippen LogP contribution in [0.5, 0.6) is 5.75 Å². The van der Waals surface area contributed by atoms with E-state index < -0.39 is 0 Å². The molecule has 0 radical (unpaired) electrons. The molecule has 1 rings (SSSR count). The fourth-order valence-electron chi connectivity index (χ4n) is 1.88. The highest BCUT2D eigenvalue weighted by Gasteiger charge is 2.14. The van der Waals surface area contributed by atoms with E-state index in [1.165, 1.54) is 11.1 Å². The summed E-state index contributed by atoms with van der Waals surface area (Å²) in [4.78, 5) is 0. The lowest BCUT2D eigenvalue weighted by molar-refractivity contribution is 0.181. The van der Waals surface area contributed by atoms with Crippen molar-refractivity contribution in [1.29, 1.82) is 0 Å². The Morgan fingerprint density at radius 3 is 2.11 bits per heavy atom. The van der Waals surface area contributed by atoms with Crippen LogP contribution >= 0.6 is 0 Å². The first-order chi connectivity index (χ1) is 8.30. The van der Waals surface area contributed by atoms with E-state index in [9.17, 15) is 0 Å². The van der Waals surface area contributed by atoms with E-state index >= 15 is 0 Å². The van der Waals surface area contributed by atoms with Crippen molar-refractivity contribution < 1.29 is 4.74 Å². The SMILES string of the molecule is CCC(CNC(C)(C)C)Oc1cc(C)cc(C)c1. The molecule has 0 aromatic heterocycles. The molecular weight excluding hydrogens is 222 g/mol. The second kappa shape index (κ2) is 6.24. The summed E-state index contributed by atoms with van der Waals surface area (Å²) in [6.45, 7) is 13.8.